The molecule has 1 aromatic heterocycles. The van der Waals surface area contributed by atoms with Crippen LogP contribution in [0.1, 0.15) is 37.8 Å². The molecule has 19 heavy (non-hydrogen) atoms. The molecule has 0 bridgehead atoms. The summed E-state index contributed by atoms with van der Waals surface area (Å²) in [6, 6.07) is 2.08. The highest BCUT2D eigenvalue weighted by atomic mass is 16.3. The Bertz CT molecular complexity index is 444. The maximum absolute atomic E-state index is 8.92. The van der Waals surface area contributed by atoms with Crippen molar-refractivity contribution in [1.29, 1.82) is 0 Å². The highest BCUT2D eigenvalue weighted by Gasteiger charge is 2.22. The highest BCUT2D eigenvalue weighted by Crippen LogP contribution is 2.25. The first-order valence-corrected chi connectivity index (χ1v) is 7.15. The third-order valence-corrected chi connectivity index (χ3v) is 3.52. The molecule has 0 aromatic carbocycles. The first kappa shape index (κ1) is 14.1. The number of aliphatic hydroxyl groups excluding tert-OH is 1. The molecule has 0 aliphatic carbocycles. The molecule has 0 amide bonds. The number of hydrogen-bond donors (Lipinski definition) is 1. The van der Waals surface area contributed by atoms with E-state index in [1.54, 1.807) is 0 Å². The van der Waals surface area contributed by atoms with E-state index in [4.69, 9.17) is 5.11 Å². The molecule has 0 spiro atoms. The van der Waals surface area contributed by atoms with Gasteiger partial charge in [-0.05, 0) is 25.5 Å². The molecule has 4 nitrogen and oxygen atoms in total. The van der Waals surface area contributed by atoms with Gasteiger partial charge < -0.3 is 5.11 Å². The average molecular weight is 261 g/mol. The zero-order valence-corrected chi connectivity index (χ0v) is 11.7. The molecule has 1 atom stereocenters. The van der Waals surface area contributed by atoms with E-state index in [-0.39, 0.29) is 6.61 Å². The van der Waals surface area contributed by atoms with Gasteiger partial charge in [0, 0.05) is 25.1 Å². The molecule has 2 heterocycles. The number of rotatable bonds is 4. The molecule has 1 saturated heterocycles. The third-order valence-electron chi connectivity index (χ3n) is 3.52. The fourth-order valence-corrected chi connectivity index (χ4v) is 2.56. The Morgan fingerprint density at radius 2 is 2.37 bits per heavy atom. The monoisotopic (exact) mass is 261 g/mol. The van der Waals surface area contributed by atoms with E-state index in [0.717, 1.165) is 31.7 Å². The summed E-state index contributed by atoms with van der Waals surface area (Å²) >= 11 is 0. The summed E-state index contributed by atoms with van der Waals surface area (Å²) in [6.07, 6.45) is 5.31. The minimum atomic E-state index is 0.143. The van der Waals surface area contributed by atoms with Crippen LogP contribution in [0.4, 0.5) is 0 Å². The molecule has 0 radical (unpaired) electrons. The van der Waals surface area contributed by atoms with Gasteiger partial charge in [-0.3, -0.25) is 9.58 Å². The zero-order chi connectivity index (χ0) is 13.5. The van der Waals surface area contributed by atoms with Crippen molar-refractivity contribution < 1.29 is 5.11 Å². The lowest BCUT2D eigenvalue weighted by Crippen LogP contribution is -2.34. The van der Waals surface area contributed by atoms with Gasteiger partial charge in [0.05, 0.1) is 25.4 Å². The number of hydrogen-bond acceptors (Lipinski definition) is 3. The molecule has 1 aliphatic heterocycles. The van der Waals surface area contributed by atoms with Gasteiger partial charge in [0.1, 0.15) is 0 Å². The maximum atomic E-state index is 8.92. The summed E-state index contributed by atoms with van der Waals surface area (Å²) in [6.45, 7) is 5.88. The molecule has 1 unspecified atom stereocenters. The van der Waals surface area contributed by atoms with Crippen molar-refractivity contribution >= 4 is 0 Å². The van der Waals surface area contributed by atoms with Crippen molar-refractivity contribution in [3.05, 3.63) is 18.0 Å². The number of nitrogens with zero attached hydrogens (tertiary/aromatic N) is 3. The molecule has 104 valence electrons. The van der Waals surface area contributed by atoms with E-state index in [9.17, 15) is 0 Å². The van der Waals surface area contributed by atoms with Gasteiger partial charge in [-0.25, -0.2) is 0 Å². The van der Waals surface area contributed by atoms with E-state index in [1.165, 1.54) is 12.8 Å². The van der Waals surface area contributed by atoms with Gasteiger partial charge in [0.25, 0.3) is 0 Å². The lowest BCUT2D eigenvalue weighted by molar-refractivity contribution is 0.227. The second kappa shape index (κ2) is 7.32. The van der Waals surface area contributed by atoms with Crippen molar-refractivity contribution in [2.75, 3.05) is 26.2 Å². The molecule has 2 rings (SSSR count). The van der Waals surface area contributed by atoms with Crippen LogP contribution in [-0.2, 0) is 6.54 Å². The van der Waals surface area contributed by atoms with Crippen LogP contribution < -0.4 is 0 Å². The van der Waals surface area contributed by atoms with Crippen LogP contribution in [0.15, 0.2) is 12.3 Å². The quantitative estimate of drug-likeness (QED) is 0.835. The van der Waals surface area contributed by atoms with E-state index in [2.05, 4.69) is 34.8 Å². The van der Waals surface area contributed by atoms with Crippen LogP contribution in [0, 0.1) is 11.8 Å². The summed E-state index contributed by atoms with van der Waals surface area (Å²) in [5.41, 5.74) is 1.15. The van der Waals surface area contributed by atoms with Crippen LogP contribution in [0.25, 0.3) is 0 Å². The highest BCUT2D eigenvalue weighted by molar-refractivity contribution is 5.09. The first-order valence-electron chi connectivity index (χ1n) is 7.15. The number of piperidine rings is 1. The minimum absolute atomic E-state index is 0.143. The average Bonchev–Trinajstić information content (AvgIpc) is 2.89. The molecular weight excluding hydrogens is 238 g/mol. The summed E-state index contributed by atoms with van der Waals surface area (Å²) in [4.78, 5) is 2.42. The molecule has 1 aliphatic rings. The Labute approximate surface area is 115 Å². The van der Waals surface area contributed by atoms with Gasteiger partial charge >= 0.3 is 0 Å². The molecular formula is C15H23N3O. The van der Waals surface area contributed by atoms with Crippen molar-refractivity contribution in [1.82, 2.24) is 14.7 Å². The van der Waals surface area contributed by atoms with E-state index >= 15 is 0 Å². The molecule has 1 N–H and O–H groups in total. The Morgan fingerprint density at radius 1 is 1.47 bits per heavy atom. The maximum Gasteiger partial charge on any atom is 0.0668 e. The summed E-state index contributed by atoms with van der Waals surface area (Å²) in [7, 11) is 0. The van der Waals surface area contributed by atoms with Crippen molar-refractivity contribution in [3.8, 4) is 11.8 Å². The second-order valence-corrected chi connectivity index (χ2v) is 5.01. The van der Waals surface area contributed by atoms with Gasteiger partial charge in [-0.1, -0.05) is 12.8 Å². The molecule has 1 aromatic rings. The first-order chi connectivity index (χ1) is 9.33. The van der Waals surface area contributed by atoms with Crippen LogP contribution >= 0.6 is 0 Å². The number of likely N-dealkylation sites (tertiary alicyclic amines) is 1. The smallest absolute Gasteiger partial charge is 0.0668 e. The Kier molecular flexibility index (Phi) is 5.44. The minimum Gasteiger partial charge on any atom is -0.394 e. The Balaban J connectivity index is 1.92. The lowest BCUT2D eigenvalue weighted by atomic mass is 9.95. The Morgan fingerprint density at radius 3 is 3.16 bits per heavy atom. The van der Waals surface area contributed by atoms with Crippen molar-refractivity contribution in [2.45, 2.75) is 38.6 Å². The number of aliphatic hydroxyl groups is 1. The molecule has 0 saturated carbocycles. The van der Waals surface area contributed by atoms with Gasteiger partial charge in [0.15, 0.2) is 0 Å². The largest absolute Gasteiger partial charge is 0.394 e. The zero-order valence-electron chi connectivity index (χ0n) is 11.7. The summed E-state index contributed by atoms with van der Waals surface area (Å²) in [5, 5.41) is 13.5. The van der Waals surface area contributed by atoms with Gasteiger partial charge in [-0.2, -0.15) is 5.10 Å². The van der Waals surface area contributed by atoms with Crippen LogP contribution in [0.3, 0.4) is 0 Å². The molecule has 1 fully saturated rings. The van der Waals surface area contributed by atoms with Crippen molar-refractivity contribution in [2.24, 2.45) is 0 Å². The van der Waals surface area contributed by atoms with Crippen molar-refractivity contribution in [3.63, 3.8) is 0 Å². The lowest BCUT2D eigenvalue weighted by Gasteiger charge is -2.30. The Hall–Kier alpha value is -1.31. The fraction of sp³-hybridized carbons (Fsp3) is 0.667. The van der Waals surface area contributed by atoms with Crippen LogP contribution in [0.2, 0.25) is 0 Å². The van der Waals surface area contributed by atoms with Crippen LogP contribution in [-0.4, -0.2) is 46.0 Å². The summed E-state index contributed by atoms with van der Waals surface area (Å²) < 4.78 is 1.82. The van der Waals surface area contributed by atoms with E-state index in [1.807, 2.05) is 10.9 Å². The standard InChI is InChI=1S/C15H23N3O/c1-2-3-4-8-17-9-5-6-14(13-17)15-7-10-18(16-15)11-12-19/h7,10,14,19H,2,5-6,8-9,11-13H2,1H3. The number of aromatic nitrogens is 2. The predicted octanol–water partition coefficient (Wildman–Crippen LogP) is 1.47. The molecule has 4 heteroatoms. The summed E-state index contributed by atoms with van der Waals surface area (Å²) in [5.74, 6) is 6.86. The SMILES string of the molecule is CCC#CCN1CCCC(c2ccn(CCO)n2)C1. The third kappa shape index (κ3) is 4.09. The van der Waals surface area contributed by atoms with E-state index in [0.29, 0.717) is 12.5 Å². The van der Waals surface area contributed by atoms with Gasteiger partial charge in [0.2, 0.25) is 0 Å². The normalized spacial score (nSPS) is 20.0. The fourth-order valence-electron chi connectivity index (χ4n) is 2.56. The topological polar surface area (TPSA) is 41.3 Å². The van der Waals surface area contributed by atoms with Gasteiger partial charge in [-0.15, -0.1) is 5.92 Å². The predicted molar refractivity (Wildman–Crippen MR) is 75.8 cm³/mol. The van der Waals surface area contributed by atoms with E-state index < -0.39 is 0 Å². The second-order valence-electron chi connectivity index (χ2n) is 5.01. The van der Waals surface area contributed by atoms with Crippen LogP contribution in [0.5, 0.6) is 0 Å².